The summed E-state index contributed by atoms with van der Waals surface area (Å²) in [7, 11) is 1.58. The van der Waals surface area contributed by atoms with Crippen molar-refractivity contribution < 1.29 is 18.4 Å². The van der Waals surface area contributed by atoms with Crippen molar-refractivity contribution in [3.05, 3.63) is 70.9 Å². The number of rotatable bonds is 5. The summed E-state index contributed by atoms with van der Waals surface area (Å²) >= 11 is 0. The molecule has 2 aromatic heterocycles. The zero-order valence-corrected chi connectivity index (χ0v) is 13.8. The van der Waals surface area contributed by atoms with Gasteiger partial charge >= 0.3 is 5.63 Å². The third-order valence-electron chi connectivity index (χ3n) is 3.77. The van der Waals surface area contributed by atoms with Crippen molar-refractivity contribution in [1.82, 2.24) is 10.1 Å². The van der Waals surface area contributed by atoms with Gasteiger partial charge in [-0.25, -0.2) is 4.79 Å². The second kappa shape index (κ2) is 6.72. The van der Waals surface area contributed by atoms with Gasteiger partial charge in [-0.15, -0.1) is 0 Å². The average molecular weight is 350 g/mol. The summed E-state index contributed by atoms with van der Waals surface area (Å²) in [6.45, 7) is 0.0880. The van der Waals surface area contributed by atoms with Crippen LogP contribution in [0.1, 0.15) is 5.89 Å². The van der Waals surface area contributed by atoms with E-state index >= 15 is 0 Å². The molecule has 0 bridgehead atoms. The number of para-hydroxylation sites is 1. The number of methoxy groups -OCH3 is 1. The van der Waals surface area contributed by atoms with E-state index in [0.29, 0.717) is 28.8 Å². The van der Waals surface area contributed by atoms with Crippen LogP contribution in [0.15, 0.2) is 68.3 Å². The quantitative estimate of drug-likeness (QED) is 0.510. The highest BCUT2D eigenvalue weighted by atomic mass is 16.5. The van der Waals surface area contributed by atoms with Crippen molar-refractivity contribution >= 4 is 11.0 Å². The molecule has 0 saturated heterocycles. The number of nitrogens with zero attached hydrogens (tertiary/aromatic N) is 2. The van der Waals surface area contributed by atoms with Crippen LogP contribution in [0.25, 0.3) is 22.4 Å². The standard InChI is InChI=1S/C19H14N2O5/c1-23-15-5-3-2-4-14(15)19-20-17(26-21-19)11-24-13-8-6-12-7-9-18(22)25-16(12)10-13/h2-10H,11H2,1H3. The molecule has 2 aromatic carbocycles. The SMILES string of the molecule is COc1ccccc1-c1noc(COc2ccc3ccc(=O)oc3c2)n1. The van der Waals surface area contributed by atoms with Gasteiger partial charge in [-0.05, 0) is 30.3 Å². The molecule has 0 unspecified atom stereocenters. The fourth-order valence-corrected chi connectivity index (χ4v) is 2.53. The summed E-state index contributed by atoms with van der Waals surface area (Å²) < 4.78 is 21.3. The van der Waals surface area contributed by atoms with Gasteiger partial charge in [-0.3, -0.25) is 0 Å². The number of fused-ring (bicyclic) bond motifs is 1. The van der Waals surface area contributed by atoms with E-state index in [0.717, 1.165) is 10.9 Å². The first-order valence-electron chi connectivity index (χ1n) is 7.85. The van der Waals surface area contributed by atoms with E-state index in [1.807, 2.05) is 30.3 Å². The van der Waals surface area contributed by atoms with Gasteiger partial charge in [0.2, 0.25) is 5.82 Å². The molecule has 0 radical (unpaired) electrons. The van der Waals surface area contributed by atoms with Crippen molar-refractivity contribution in [2.24, 2.45) is 0 Å². The molecule has 0 atom stereocenters. The Morgan fingerprint density at radius 3 is 2.81 bits per heavy atom. The monoisotopic (exact) mass is 350 g/mol. The highest BCUT2D eigenvalue weighted by Crippen LogP contribution is 2.27. The minimum absolute atomic E-state index is 0.0880. The summed E-state index contributed by atoms with van der Waals surface area (Å²) in [5, 5.41) is 4.78. The lowest BCUT2D eigenvalue weighted by atomic mass is 10.2. The highest BCUT2D eigenvalue weighted by Gasteiger charge is 2.13. The maximum Gasteiger partial charge on any atom is 0.336 e. The van der Waals surface area contributed by atoms with E-state index in [1.54, 1.807) is 25.3 Å². The lowest BCUT2D eigenvalue weighted by molar-refractivity contribution is 0.243. The van der Waals surface area contributed by atoms with Gasteiger partial charge in [0.05, 0.1) is 12.7 Å². The third kappa shape index (κ3) is 3.14. The molecule has 4 aromatic rings. The van der Waals surface area contributed by atoms with Crippen molar-refractivity contribution in [2.45, 2.75) is 6.61 Å². The molecule has 0 N–H and O–H groups in total. The van der Waals surface area contributed by atoms with Crippen molar-refractivity contribution in [3.63, 3.8) is 0 Å². The van der Waals surface area contributed by atoms with E-state index in [9.17, 15) is 4.79 Å². The van der Waals surface area contributed by atoms with Crippen LogP contribution in [0.5, 0.6) is 11.5 Å². The fourth-order valence-electron chi connectivity index (χ4n) is 2.53. The molecule has 0 saturated carbocycles. The highest BCUT2D eigenvalue weighted by molar-refractivity contribution is 5.77. The van der Waals surface area contributed by atoms with E-state index in [1.165, 1.54) is 6.07 Å². The second-order valence-electron chi connectivity index (χ2n) is 5.45. The van der Waals surface area contributed by atoms with Gasteiger partial charge in [0.15, 0.2) is 6.61 Å². The molecular weight excluding hydrogens is 336 g/mol. The first-order chi connectivity index (χ1) is 12.7. The molecule has 0 aliphatic carbocycles. The largest absolute Gasteiger partial charge is 0.496 e. The average Bonchev–Trinajstić information content (AvgIpc) is 3.14. The fraction of sp³-hybridized carbons (Fsp3) is 0.105. The Kier molecular flexibility index (Phi) is 4.10. The smallest absolute Gasteiger partial charge is 0.336 e. The van der Waals surface area contributed by atoms with E-state index in [-0.39, 0.29) is 6.61 Å². The molecule has 130 valence electrons. The number of hydrogen-bond acceptors (Lipinski definition) is 7. The summed E-state index contributed by atoms with van der Waals surface area (Å²) in [6.07, 6.45) is 0. The maximum absolute atomic E-state index is 11.3. The summed E-state index contributed by atoms with van der Waals surface area (Å²) in [4.78, 5) is 15.6. The predicted octanol–water partition coefficient (Wildman–Crippen LogP) is 3.43. The van der Waals surface area contributed by atoms with Gasteiger partial charge in [0.25, 0.3) is 5.89 Å². The van der Waals surface area contributed by atoms with Crippen LogP contribution < -0.4 is 15.1 Å². The van der Waals surface area contributed by atoms with Crippen LogP contribution in [0.4, 0.5) is 0 Å². The molecule has 0 fully saturated rings. The Morgan fingerprint density at radius 1 is 1.08 bits per heavy atom. The zero-order valence-electron chi connectivity index (χ0n) is 13.8. The molecule has 2 heterocycles. The van der Waals surface area contributed by atoms with Crippen LogP contribution >= 0.6 is 0 Å². The molecule has 0 spiro atoms. The minimum Gasteiger partial charge on any atom is -0.496 e. The first-order valence-corrected chi connectivity index (χ1v) is 7.85. The number of hydrogen-bond donors (Lipinski definition) is 0. The summed E-state index contributed by atoms with van der Waals surface area (Å²) in [5.74, 6) is 1.93. The Bertz CT molecular complexity index is 1120. The molecule has 0 aliphatic rings. The first kappa shape index (κ1) is 15.9. The van der Waals surface area contributed by atoms with E-state index in [2.05, 4.69) is 10.1 Å². The second-order valence-corrected chi connectivity index (χ2v) is 5.45. The van der Waals surface area contributed by atoms with Gasteiger partial charge < -0.3 is 18.4 Å². The zero-order chi connectivity index (χ0) is 17.9. The van der Waals surface area contributed by atoms with Crippen molar-refractivity contribution in [2.75, 3.05) is 7.11 Å². The molecule has 26 heavy (non-hydrogen) atoms. The molecule has 0 amide bonds. The molecule has 7 heteroatoms. The predicted molar refractivity (Wildman–Crippen MR) is 93.1 cm³/mol. The molecule has 0 aliphatic heterocycles. The van der Waals surface area contributed by atoms with Gasteiger partial charge in [0.1, 0.15) is 17.1 Å². The maximum atomic E-state index is 11.3. The Balaban J connectivity index is 1.52. The minimum atomic E-state index is -0.409. The van der Waals surface area contributed by atoms with Gasteiger partial charge in [-0.2, -0.15) is 4.98 Å². The van der Waals surface area contributed by atoms with Crippen molar-refractivity contribution in [1.29, 1.82) is 0 Å². The van der Waals surface area contributed by atoms with Crippen LogP contribution in [0.2, 0.25) is 0 Å². The number of ether oxygens (including phenoxy) is 2. The lowest BCUT2D eigenvalue weighted by Gasteiger charge is -2.04. The van der Waals surface area contributed by atoms with Crippen LogP contribution in [-0.2, 0) is 6.61 Å². The van der Waals surface area contributed by atoms with Crippen LogP contribution in [0, 0.1) is 0 Å². The topological polar surface area (TPSA) is 87.6 Å². The van der Waals surface area contributed by atoms with Gasteiger partial charge in [-0.1, -0.05) is 17.3 Å². The molecule has 4 rings (SSSR count). The number of aromatic nitrogens is 2. The summed E-state index contributed by atoms with van der Waals surface area (Å²) in [6, 6.07) is 15.7. The van der Waals surface area contributed by atoms with Crippen LogP contribution in [-0.4, -0.2) is 17.3 Å². The third-order valence-corrected chi connectivity index (χ3v) is 3.77. The van der Waals surface area contributed by atoms with E-state index in [4.69, 9.17) is 18.4 Å². The molecule has 7 nitrogen and oxygen atoms in total. The molecular formula is C19H14N2O5. The summed E-state index contributed by atoms with van der Waals surface area (Å²) in [5.41, 5.74) is 0.778. The Morgan fingerprint density at radius 2 is 1.92 bits per heavy atom. The van der Waals surface area contributed by atoms with E-state index < -0.39 is 5.63 Å². The van der Waals surface area contributed by atoms with Gasteiger partial charge in [0, 0.05) is 17.5 Å². The normalized spacial score (nSPS) is 10.8. The number of benzene rings is 2. The van der Waals surface area contributed by atoms with Crippen LogP contribution in [0.3, 0.4) is 0 Å². The Labute approximate surface area is 147 Å². The van der Waals surface area contributed by atoms with Crippen molar-refractivity contribution in [3.8, 4) is 22.9 Å². The lowest BCUT2D eigenvalue weighted by Crippen LogP contribution is -1.97. The Hall–Kier alpha value is -3.61.